The van der Waals surface area contributed by atoms with E-state index in [0.717, 1.165) is 19.4 Å². The molecule has 0 bridgehead atoms. The molecule has 0 saturated carbocycles. The zero-order chi connectivity index (χ0) is 13.7. The number of ether oxygens (including phenoxy) is 1. The molecular weight excluding hydrogens is 242 g/mol. The highest BCUT2D eigenvalue weighted by atomic mass is 16.5. The minimum absolute atomic E-state index is 0.0357. The first-order valence-electron chi connectivity index (χ1n) is 7.44. The molecule has 3 atom stereocenters. The number of hydrogen-bond acceptors (Lipinski definition) is 5. The van der Waals surface area contributed by atoms with Gasteiger partial charge < -0.3 is 14.6 Å². The number of nitrogens with zero attached hydrogens (tertiary/aromatic N) is 2. The fraction of sp³-hybridized carbons (Fsp3) is 0.857. The summed E-state index contributed by atoms with van der Waals surface area (Å²) >= 11 is 0. The first kappa shape index (κ1) is 14.5. The Morgan fingerprint density at radius 3 is 3.00 bits per heavy atom. The zero-order valence-corrected chi connectivity index (χ0v) is 12.2. The van der Waals surface area contributed by atoms with Crippen LogP contribution in [0.1, 0.15) is 70.3 Å². The normalized spacial score (nSPS) is 25.4. The summed E-state index contributed by atoms with van der Waals surface area (Å²) in [6.45, 7) is 8.06. The van der Waals surface area contributed by atoms with Crippen LogP contribution in [-0.2, 0) is 4.74 Å². The van der Waals surface area contributed by atoms with Gasteiger partial charge in [0.05, 0.1) is 6.04 Å². The van der Waals surface area contributed by atoms with Crippen molar-refractivity contribution in [1.29, 1.82) is 0 Å². The molecule has 0 aliphatic carbocycles. The molecule has 5 heteroatoms. The van der Waals surface area contributed by atoms with Crippen LogP contribution < -0.4 is 5.32 Å². The predicted octanol–water partition coefficient (Wildman–Crippen LogP) is 3.01. The number of hydrogen-bond donors (Lipinski definition) is 1. The predicted molar refractivity (Wildman–Crippen MR) is 72.7 cm³/mol. The van der Waals surface area contributed by atoms with Crippen molar-refractivity contribution in [3.05, 3.63) is 11.7 Å². The third kappa shape index (κ3) is 3.54. The summed E-state index contributed by atoms with van der Waals surface area (Å²) in [5.41, 5.74) is 0. The molecule has 0 amide bonds. The standard InChI is InChI=1S/C14H25N3O2/c1-4-7-11(18-5-2)13-16-14(19-17-13)12-10(3)8-6-9-15-12/h10-12,15H,4-9H2,1-3H3. The Morgan fingerprint density at radius 2 is 2.32 bits per heavy atom. The number of rotatable bonds is 6. The summed E-state index contributed by atoms with van der Waals surface area (Å²) in [6.07, 6.45) is 4.37. The van der Waals surface area contributed by atoms with Crippen LogP contribution in [0.2, 0.25) is 0 Å². The molecule has 0 spiro atoms. The summed E-state index contributed by atoms with van der Waals surface area (Å²) in [7, 11) is 0. The summed E-state index contributed by atoms with van der Waals surface area (Å²) in [4.78, 5) is 4.56. The van der Waals surface area contributed by atoms with Crippen LogP contribution >= 0.6 is 0 Å². The van der Waals surface area contributed by atoms with Gasteiger partial charge in [0.25, 0.3) is 0 Å². The summed E-state index contributed by atoms with van der Waals surface area (Å²) < 4.78 is 11.1. The van der Waals surface area contributed by atoms with Gasteiger partial charge in [-0.1, -0.05) is 25.4 Å². The van der Waals surface area contributed by atoms with Crippen molar-refractivity contribution in [2.24, 2.45) is 5.92 Å². The van der Waals surface area contributed by atoms with E-state index in [1.807, 2.05) is 6.92 Å². The Morgan fingerprint density at radius 1 is 1.47 bits per heavy atom. The van der Waals surface area contributed by atoms with Gasteiger partial charge in [0.1, 0.15) is 6.10 Å². The lowest BCUT2D eigenvalue weighted by Crippen LogP contribution is -2.33. The maximum atomic E-state index is 5.69. The van der Waals surface area contributed by atoms with E-state index in [9.17, 15) is 0 Å². The van der Waals surface area contributed by atoms with Crippen molar-refractivity contribution >= 4 is 0 Å². The molecule has 2 heterocycles. The monoisotopic (exact) mass is 267 g/mol. The summed E-state index contributed by atoms with van der Waals surface area (Å²) in [5, 5.41) is 7.58. The van der Waals surface area contributed by atoms with Gasteiger partial charge in [-0.25, -0.2) is 0 Å². The molecular formula is C14H25N3O2. The van der Waals surface area contributed by atoms with Crippen molar-refractivity contribution in [3.8, 4) is 0 Å². The largest absolute Gasteiger partial charge is 0.370 e. The minimum atomic E-state index is -0.0357. The third-order valence-corrected chi connectivity index (χ3v) is 3.70. The van der Waals surface area contributed by atoms with E-state index in [1.165, 1.54) is 12.8 Å². The van der Waals surface area contributed by atoms with Crippen molar-refractivity contribution < 1.29 is 9.26 Å². The molecule has 1 aromatic rings. The Kier molecular flexibility index (Phi) is 5.34. The number of aromatic nitrogens is 2. The molecule has 1 aromatic heterocycles. The molecule has 1 aliphatic rings. The fourth-order valence-corrected chi connectivity index (χ4v) is 2.63. The SMILES string of the molecule is CCCC(OCC)c1noc(C2NCCCC2C)n1. The maximum Gasteiger partial charge on any atom is 0.244 e. The van der Waals surface area contributed by atoms with E-state index in [2.05, 4.69) is 29.3 Å². The zero-order valence-electron chi connectivity index (χ0n) is 12.2. The fourth-order valence-electron chi connectivity index (χ4n) is 2.63. The van der Waals surface area contributed by atoms with Gasteiger partial charge in [-0.2, -0.15) is 4.98 Å². The van der Waals surface area contributed by atoms with E-state index in [0.29, 0.717) is 24.2 Å². The molecule has 0 aromatic carbocycles. The van der Waals surface area contributed by atoms with E-state index < -0.39 is 0 Å². The van der Waals surface area contributed by atoms with E-state index in [1.54, 1.807) is 0 Å². The van der Waals surface area contributed by atoms with Crippen LogP contribution in [0, 0.1) is 5.92 Å². The Hall–Kier alpha value is -0.940. The molecule has 1 aliphatic heterocycles. The quantitative estimate of drug-likeness (QED) is 0.858. The molecule has 2 rings (SSSR count). The van der Waals surface area contributed by atoms with E-state index in [4.69, 9.17) is 9.26 Å². The lowest BCUT2D eigenvalue weighted by molar-refractivity contribution is 0.0477. The van der Waals surface area contributed by atoms with Gasteiger partial charge in [0.15, 0.2) is 0 Å². The van der Waals surface area contributed by atoms with Crippen molar-refractivity contribution in [2.75, 3.05) is 13.2 Å². The average Bonchev–Trinajstić information content (AvgIpc) is 2.88. The summed E-state index contributed by atoms with van der Waals surface area (Å²) in [6, 6.07) is 0.193. The first-order valence-corrected chi connectivity index (χ1v) is 7.44. The Bertz CT molecular complexity index is 375. The highest BCUT2D eigenvalue weighted by molar-refractivity contribution is 4.98. The third-order valence-electron chi connectivity index (χ3n) is 3.70. The Balaban J connectivity index is 2.08. The lowest BCUT2D eigenvalue weighted by Gasteiger charge is -2.26. The van der Waals surface area contributed by atoms with Gasteiger partial charge in [0, 0.05) is 6.61 Å². The van der Waals surface area contributed by atoms with Gasteiger partial charge in [-0.15, -0.1) is 0 Å². The maximum absolute atomic E-state index is 5.69. The van der Waals surface area contributed by atoms with Crippen LogP contribution in [0.3, 0.4) is 0 Å². The second-order valence-electron chi connectivity index (χ2n) is 5.27. The minimum Gasteiger partial charge on any atom is -0.370 e. The molecule has 5 nitrogen and oxygen atoms in total. The van der Waals surface area contributed by atoms with Gasteiger partial charge >= 0.3 is 0 Å². The van der Waals surface area contributed by atoms with Crippen LogP contribution in [0.25, 0.3) is 0 Å². The molecule has 0 radical (unpaired) electrons. The van der Waals surface area contributed by atoms with Crippen LogP contribution in [-0.4, -0.2) is 23.3 Å². The molecule has 108 valence electrons. The smallest absolute Gasteiger partial charge is 0.244 e. The molecule has 1 fully saturated rings. The van der Waals surface area contributed by atoms with E-state index in [-0.39, 0.29) is 12.1 Å². The average molecular weight is 267 g/mol. The number of piperidine rings is 1. The van der Waals surface area contributed by atoms with Crippen molar-refractivity contribution in [2.45, 2.75) is 58.6 Å². The van der Waals surface area contributed by atoms with Gasteiger partial charge in [-0.3, -0.25) is 0 Å². The first-order chi connectivity index (χ1) is 9.26. The second-order valence-corrected chi connectivity index (χ2v) is 5.27. The van der Waals surface area contributed by atoms with E-state index >= 15 is 0 Å². The van der Waals surface area contributed by atoms with Crippen LogP contribution in [0.4, 0.5) is 0 Å². The van der Waals surface area contributed by atoms with Gasteiger partial charge in [0.2, 0.25) is 11.7 Å². The molecule has 1 saturated heterocycles. The second kappa shape index (κ2) is 7.01. The molecule has 1 N–H and O–H groups in total. The number of nitrogens with one attached hydrogen (secondary N) is 1. The molecule has 19 heavy (non-hydrogen) atoms. The highest BCUT2D eigenvalue weighted by Gasteiger charge is 2.28. The Labute approximate surface area is 115 Å². The topological polar surface area (TPSA) is 60.2 Å². The van der Waals surface area contributed by atoms with Crippen molar-refractivity contribution in [1.82, 2.24) is 15.5 Å². The van der Waals surface area contributed by atoms with Gasteiger partial charge in [-0.05, 0) is 38.6 Å². The van der Waals surface area contributed by atoms with Crippen LogP contribution in [0.5, 0.6) is 0 Å². The molecule has 3 unspecified atom stereocenters. The summed E-state index contributed by atoms with van der Waals surface area (Å²) in [5.74, 6) is 1.94. The lowest BCUT2D eigenvalue weighted by atomic mass is 9.93. The van der Waals surface area contributed by atoms with Crippen LogP contribution in [0.15, 0.2) is 4.52 Å². The highest BCUT2D eigenvalue weighted by Crippen LogP contribution is 2.29. The van der Waals surface area contributed by atoms with Crippen molar-refractivity contribution in [3.63, 3.8) is 0 Å².